The van der Waals surface area contributed by atoms with E-state index in [9.17, 15) is 0 Å². The lowest BCUT2D eigenvalue weighted by Gasteiger charge is -2.36. The van der Waals surface area contributed by atoms with Gasteiger partial charge in [0.1, 0.15) is 22.2 Å². The summed E-state index contributed by atoms with van der Waals surface area (Å²) < 4.78 is 5.72. The van der Waals surface area contributed by atoms with Gasteiger partial charge in [0, 0.05) is 30.2 Å². The monoisotopic (exact) mass is 415 g/mol. The fraction of sp³-hybridized carbons (Fsp3) is 0.333. The Labute approximate surface area is 170 Å². The summed E-state index contributed by atoms with van der Waals surface area (Å²) in [5.74, 6) is 1.17. The molecule has 3 aliphatic heterocycles. The van der Waals surface area contributed by atoms with Crippen LogP contribution in [0.2, 0.25) is 5.02 Å². The molecule has 3 saturated heterocycles. The molecule has 0 aromatic carbocycles. The second-order valence-corrected chi connectivity index (χ2v) is 8.22. The SMILES string of the molecule is Nc1nccc(Sc2ccc3nc(N4CC5COCC4CN5)cnc3n2)c1Cl. The average Bonchev–Trinajstić information content (AvgIpc) is 3.07. The Morgan fingerprint density at radius 1 is 1.21 bits per heavy atom. The van der Waals surface area contributed by atoms with Crippen molar-refractivity contribution < 1.29 is 4.74 Å². The summed E-state index contributed by atoms with van der Waals surface area (Å²) >= 11 is 7.65. The number of anilines is 2. The summed E-state index contributed by atoms with van der Waals surface area (Å²) in [7, 11) is 0. The maximum absolute atomic E-state index is 6.23. The molecule has 3 aliphatic rings. The van der Waals surface area contributed by atoms with Crippen LogP contribution in [0.1, 0.15) is 0 Å². The predicted molar refractivity (Wildman–Crippen MR) is 109 cm³/mol. The van der Waals surface area contributed by atoms with Gasteiger partial charge in [0.25, 0.3) is 0 Å². The van der Waals surface area contributed by atoms with Crippen molar-refractivity contribution >= 4 is 46.2 Å². The first-order valence-corrected chi connectivity index (χ1v) is 10.2. The van der Waals surface area contributed by atoms with Gasteiger partial charge < -0.3 is 20.7 Å². The number of nitrogens with zero attached hydrogens (tertiary/aromatic N) is 5. The molecule has 2 bridgehead atoms. The zero-order valence-electron chi connectivity index (χ0n) is 14.9. The van der Waals surface area contributed by atoms with Gasteiger partial charge in [0.2, 0.25) is 0 Å². The molecule has 6 heterocycles. The van der Waals surface area contributed by atoms with Gasteiger partial charge in [-0.3, -0.25) is 0 Å². The van der Waals surface area contributed by atoms with Crippen LogP contribution in [0.5, 0.6) is 0 Å². The number of piperazine rings is 1. The molecule has 3 aromatic heterocycles. The number of fused-ring (bicyclic) bond motifs is 5. The number of halogens is 1. The Balaban J connectivity index is 1.42. The number of aromatic nitrogens is 4. The van der Waals surface area contributed by atoms with Gasteiger partial charge in [-0.25, -0.2) is 19.9 Å². The molecule has 2 unspecified atom stereocenters. The van der Waals surface area contributed by atoms with E-state index in [-0.39, 0.29) is 6.04 Å². The standard InChI is InChI=1S/C18H18ClN7OS/c19-16-13(3-4-21-17(16)20)28-15-2-1-12-18(25-15)23-6-14(24-12)26-7-10-8-27-9-11(26)5-22-10/h1-4,6,10-11,22H,5,7-9H2,(H2,20,21). The summed E-state index contributed by atoms with van der Waals surface area (Å²) in [5.41, 5.74) is 7.13. The molecule has 0 saturated carbocycles. The van der Waals surface area contributed by atoms with Crippen LogP contribution in [0, 0.1) is 0 Å². The highest BCUT2D eigenvalue weighted by molar-refractivity contribution is 7.99. The van der Waals surface area contributed by atoms with Gasteiger partial charge in [-0.15, -0.1) is 0 Å². The first-order chi connectivity index (χ1) is 13.7. The Morgan fingerprint density at radius 2 is 2.14 bits per heavy atom. The normalized spacial score (nSPS) is 21.8. The molecular formula is C18H18ClN7OS. The van der Waals surface area contributed by atoms with Crippen molar-refractivity contribution in [1.29, 1.82) is 0 Å². The van der Waals surface area contributed by atoms with Crippen molar-refractivity contribution in [1.82, 2.24) is 25.3 Å². The zero-order valence-corrected chi connectivity index (χ0v) is 16.5. The van der Waals surface area contributed by atoms with Crippen molar-refractivity contribution in [3.8, 4) is 0 Å². The van der Waals surface area contributed by atoms with E-state index < -0.39 is 0 Å². The fourth-order valence-electron chi connectivity index (χ4n) is 3.46. The maximum atomic E-state index is 6.23. The van der Waals surface area contributed by atoms with Gasteiger partial charge in [-0.05, 0) is 18.2 Å². The van der Waals surface area contributed by atoms with Crippen LogP contribution >= 0.6 is 23.4 Å². The molecule has 6 rings (SSSR count). The minimum Gasteiger partial charge on any atom is -0.382 e. The Hall–Kier alpha value is -2.20. The van der Waals surface area contributed by atoms with Crippen molar-refractivity contribution in [2.45, 2.75) is 22.0 Å². The van der Waals surface area contributed by atoms with Crippen LogP contribution in [-0.4, -0.2) is 58.3 Å². The second-order valence-electron chi connectivity index (χ2n) is 6.78. The number of rotatable bonds is 3. The topological polar surface area (TPSA) is 102 Å². The van der Waals surface area contributed by atoms with Crippen LogP contribution in [0.4, 0.5) is 11.6 Å². The summed E-state index contributed by atoms with van der Waals surface area (Å²) in [5, 5.41) is 4.71. The van der Waals surface area contributed by atoms with E-state index in [0.717, 1.165) is 41.0 Å². The number of hydrogen-bond donors (Lipinski definition) is 2. The molecule has 0 amide bonds. The number of pyridine rings is 2. The Kier molecular flexibility index (Phi) is 4.67. The molecule has 3 aromatic rings. The minimum atomic E-state index is 0.271. The van der Waals surface area contributed by atoms with Gasteiger partial charge in [0.05, 0.1) is 30.5 Å². The van der Waals surface area contributed by atoms with Gasteiger partial charge in [-0.1, -0.05) is 23.4 Å². The first-order valence-electron chi connectivity index (χ1n) is 8.97. The van der Waals surface area contributed by atoms with Gasteiger partial charge >= 0.3 is 0 Å². The fourth-order valence-corrected chi connectivity index (χ4v) is 4.50. The predicted octanol–water partition coefficient (Wildman–Crippen LogP) is 1.98. The van der Waals surface area contributed by atoms with Crippen LogP contribution in [0.15, 0.2) is 40.5 Å². The van der Waals surface area contributed by atoms with E-state index in [1.165, 1.54) is 11.8 Å². The molecule has 10 heteroatoms. The molecule has 3 N–H and O–H groups in total. The Morgan fingerprint density at radius 3 is 3.07 bits per heavy atom. The smallest absolute Gasteiger partial charge is 0.179 e. The van der Waals surface area contributed by atoms with Crippen LogP contribution < -0.4 is 16.0 Å². The molecular weight excluding hydrogens is 398 g/mol. The van der Waals surface area contributed by atoms with Crippen molar-refractivity contribution in [2.24, 2.45) is 0 Å². The lowest BCUT2D eigenvalue weighted by molar-refractivity contribution is 0.139. The van der Waals surface area contributed by atoms with E-state index in [0.29, 0.717) is 29.1 Å². The molecule has 0 aliphatic carbocycles. The zero-order chi connectivity index (χ0) is 19.1. The minimum absolute atomic E-state index is 0.271. The lowest BCUT2D eigenvalue weighted by Crippen LogP contribution is -2.56. The van der Waals surface area contributed by atoms with Gasteiger partial charge in [-0.2, -0.15) is 0 Å². The van der Waals surface area contributed by atoms with E-state index in [1.807, 2.05) is 18.2 Å². The van der Waals surface area contributed by atoms with E-state index in [1.54, 1.807) is 12.4 Å². The van der Waals surface area contributed by atoms with Crippen LogP contribution in [-0.2, 0) is 4.74 Å². The van der Waals surface area contributed by atoms with Crippen LogP contribution in [0.3, 0.4) is 0 Å². The first kappa shape index (κ1) is 17.9. The lowest BCUT2D eigenvalue weighted by atomic mass is 10.1. The summed E-state index contributed by atoms with van der Waals surface area (Å²) in [6, 6.07) is 6.26. The average molecular weight is 416 g/mol. The second kappa shape index (κ2) is 7.32. The Bertz CT molecular complexity index is 1030. The number of nitrogen functional groups attached to an aromatic ring is 1. The molecule has 28 heavy (non-hydrogen) atoms. The highest BCUT2D eigenvalue weighted by Crippen LogP contribution is 2.34. The summed E-state index contributed by atoms with van der Waals surface area (Å²) in [6.07, 6.45) is 3.42. The van der Waals surface area contributed by atoms with Crippen molar-refractivity contribution in [3.05, 3.63) is 35.6 Å². The number of ether oxygens (including phenoxy) is 1. The quantitative estimate of drug-likeness (QED) is 0.664. The number of nitrogens with two attached hydrogens (primary N) is 1. The van der Waals surface area contributed by atoms with Crippen LogP contribution in [0.25, 0.3) is 11.2 Å². The number of nitrogens with one attached hydrogen (secondary N) is 1. The third-order valence-corrected chi connectivity index (χ3v) is 6.39. The van der Waals surface area contributed by atoms with E-state index >= 15 is 0 Å². The molecule has 8 nitrogen and oxygen atoms in total. The molecule has 2 atom stereocenters. The van der Waals surface area contributed by atoms with Gasteiger partial charge in [0.15, 0.2) is 5.65 Å². The summed E-state index contributed by atoms with van der Waals surface area (Å²) in [4.78, 5) is 21.0. The highest BCUT2D eigenvalue weighted by atomic mass is 35.5. The highest BCUT2D eigenvalue weighted by Gasteiger charge is 2.32. The summed E-state index contributed by atoms with van der Waals surface area (Å²) in [6.45, 7) is 3.20. The molecule has 0 spiro atoms. The molecule has 0 radical (unpaired) electrons. The number of hydrogen-bond acceptors (Lipinski definition) is 9. The molecule has 144 valence electrons. The maximum Gasteiger partial charge on any atom is 0.179 e. The van der Waals surface area contributed by atoms with E-state index in [2.05, 4.69) is 25.2 Å². The van der Waals surface area contributed by atoms with Crippen molar-refractivity contribution in [3.63, 3.8) is 0 Å². The third-order valence-electron chi connectivity index (χ3n) is 4.89. The van der Waals surface area contributed by atoms with Crippen molar-refractivity contribution in [2.75, 3.05) is 36.9 Å². The largest absolute Gasteiger partial charge is 0.382 e. The molecule has 3 fully saturated rings. The third kappa shape index (κ3) is 3.35. The van der Waals surface area contributed by atoms with E-state index in [4.69, 9.17) is 27.1 Å².